The summed E-state index contributed by atoms with van der Waals surface area (Å²) in [6.07, 6.45) is 2.61. The van der Waals surface area contributed by atoms with Gasteiger partial charge in [-0.2, -0.15) is 0 Å². The minimum atomic E-state index is 0.740. The van der Waals surface area contributed by atoms with Gasteiger partial charge >= 0.3 is 0 Å². The van der Waals surface area contributed by atoms with Gasteiger partial charge in [-0.25, -0.2) is 4.98 Å². The number of hydrogen-bond donors (Lipinski definition) is 0. The first-order chi connectivity index (χ1) is 7.29. The van der Waals surface area contributed by atoms with Crippen LogP contribution in [0.15, 0.2) is 44.2 Å². The molecule has 0 aromatic carbocycles. The van der Waals surface area contributed by atoms with E-state index in [0.29, 0.717) is 0 Å². The van der Waals surface area contributed by atoms with Gasteiger partial charge in [0.2, 0.25) is 0 Å². The fraction of sp³-hybridized carbons (Fsp3) is 0. The second-order valence-corrected chi connectivity index (χ2v) is 5.55. The highest BCUT2D eigenvalue weighted by Gasteiger charge is 2.05. The van der Waals surface area contributed by atoms with Gasteiger partial charge in [-0.15, -0.1) is 11.3 Å². The highest BCUT2D eigenvalue weighted by molar-refractivity contribution is 9.10. The summed E-state index contributed by atoms with van der Waals surface area (Å²) in [7, 11) is 0. The molecule has 2 rings (SSSR count). The molecule has 0 atom stereocenters. The quantitative estimate of drug-likeness (QED) is 0.806. The number of thiophene rings is 1. The Morgan fingerprint density at radius 3 is 3.07 bits per heavy atom. The summed E-state index contributed by atoms with van der Waals surface area (Å²) in [6, 6.07) is 5.68. The van der Waals surface area contributed by atoms with Gasteiger partial charge in [0.15, 0.2) is 6.29 Å². The third-order valence-electron chi connectivity index (χ3n) is 1.65. The van der Waals surface area contributed by atoms with E-state index < -0.39 is 0 Å². The maximum absolute atomic E-state index is 10.5. The first-order valence-electron chi connectivity index (χ1n) is 4.11. The number of nitrogens with zero attached hydrogens (tertiary/aromatic N) is 1. The molecule has 0 amide bonds. The van der Waals surface area contributed by atoms with E-state index in [1.54, 1.807) is 18.0 Å². The van der Waals surface area contributed by atoms with E-state index in [0.717, 1.165) is 25.6 Å². The van der Waals surface area contributed by atoms with Gasteiger partial charge in [-0.1, -0.05) is 11.8 Å². The molecule has 0 aliphatic rings. The second-order valence-electron chi connectivity index (χ2n) is 2.70. The van der Waals surface area contributed by atoms with E-state index in [9.17, 15) is 4.79 Å². The lowest BCUT2D eigenvalue weighted by molar-refractivity contribution is 0.112. The van der Waals surface area contributed by atoms with Gasteiger partial charge in [0.1, 0.15) is 5.03 Å². The van der Waals surface area contributed by atoms with Gasteiger partial charge in [-0.05, 0) is 34.1 Å². The monoisotopic (exact) mass is 299 g/mol. The van der Waals surface area contributed by atoms with E-state index >= 15 is 0 Å². The zero-order valence-corrected chi connectivity index (χ0v) is 10.7. The number of aromatic nitrogens is 1. The molecule has 0 saturated carbocycles. The Balaban J connectivity index is 2.22. The number of carbonyl (C=O) groups excluding carboxylic acids is 1. The fourth-order valence-corrected chi connectivity index (χ4v) is 3.18. The molecule has 15 heavy (non-hydrogen) atoms. The number of pyridine rings is 1. The van der Waals surface area contributed by atoms with Crippen LogP contribution in [0.25, 0.3) is 0 Å². The Hall–Kier alpha value is -0.650. The number of carbonyl (C=O) groups is 1. The van der Waals surface area contributed by atoms with Crippen molar-refractivity contribution in [2.75, 3.05) is 0 Å². The number of rotatable bonds is 3. The molecule has 0 saturated heterocycles. The molecule has 0 spiro atoms. The van der Waals surface area contributed by atoms with Crippen LogP contribution in [0.2, 0.25) is 0 Å². The van der Waals surface area contributed by atoms with Crippen LogP contribution in [-0.4, -0.2) is 11.3 Å². The van der Waals surface area contributed by atoms with Crippen LogP contribution in [0.1, 0.15) is 9.67 Å². The van der Waals surface area contributed by atoms with Crippen molar-refractivity contribution in [3.63, 3.8) is 0 Å². The predicted octanol–water partition coefficient (Wildman–Crippen LogP) is 3.87. The van der Waals surface area contributed by atoms with Crippen LogP contribution in [-0.2, 0) is 0 Å². The fourth-order valence-electron chi connectivity index (χ4n) is 1.01. The van der Waals surface area contributed by atoms with Crippen molar-refractivity contribution in [1.29, 1.82) is 0 Å². The Labute approximate surface area is 104 Å². The van der Waals surface area contributed by atoms with E-state index in [4.69, 9.17) is 0 Å². The van der Waals surface area contributed by atoms with E-state index in [2.05, 4.69) is 20.9 Å². The van der Waals surface area contributed by atoms with Crippen LogP contribution in [0.4, 0.5) is 0 Å². The number of aldehydes is 1. The molecule has 2 aromatic heterocycles. The molecule has 0 aliphatic carbocycles. The summed E-state index contributed by atoms with van der Waals surface area (Å²) in [6.45, 7) is 0. The molecule has 76 valence electrons. The van der Waals surface area contributed by atoms with Crippen molar-refractivity contribution in [3.8, 4) is 0 Å². The average molecular weight is 300 g/mol. The topological polar surface area (TPSA) is 30.0 Å². The number of halogens is 1. The van der Waals surface area contributed by atoms with Crippen LogP contribution in [0.5, 0.6) is 0 Å². The molecule has 0 unspecified atom stereocenters. The van der Waals surface area contributed by atoms with Crippen LogP contribution in [0.3, 0.4) is 0 Å². The average Bonchev–Trinajstić information content (AvgIpc) is 2.69. The highest BCUT2D eigenvalue weighted by atomic mass is 79.9. The van der Waals surface area contributed by atoms with Crippen molar-refractivity contribution in [3.05, 3.63) is 39.1 Å². The van der Waals surface area contributed by atoms with Gasteiger partial charge in [0.25, 0.3) is 0 Å². The highest BCUT2D eigenvalue weighted by Crippen LogP contribution is 2.33. The van der Waals surface area contributed by atoms with Gasteiger partial charge in [0, 0.05) is 16.5 Å². The molecule has 0 fully saturated rings. The molecule has 2 aromatic rings. The van der Waals surface area contributed by atoms with Crippen LogP contribution >= 0.6 is 39.0 Å². The zero-order valence-electron chi connectivity index (χ0n) is 7.51. The maximum Gasteiger partial charge on any atom is 0.160 e. The Kier molecular flexibility index (Phi) is 3.56. The van der Waals surface area contributed by atoms with E-state index in [1.165, 1.54) is 11.3 Å². The third kappa shape index (κ3) is 2.68. The lowest BCUT2D eigenvalue weighted by atomic mass is 10.5. The van der Waals surface area contributed by atoms with Gasteiger partial charge < -0.3 is 0 Å². The molecule has 0 radical (unpaired) electrons. The van der Waals surface area contributed by atoms with E-state index in [-0.39, 0.29) is 0 Å². The SMILES string of the molecule is O=Cc1cc(Sc2ncccc2Br)cs1. The summed E-state index contributed by atoms with van der Waals surface area (Å²) >= 11 is 6.41. The van der Waals surface area contributed by atoms with Crippen molar-refractivity contribution in [2.24, 2.45) is 0 Å². The van der Waals surface area contributed by atoms with Crippen LogP contribution < -0.4 is 0 Å². The van der Waals surface area contributed by atoms with Crippen molar-refractivity contribution in [1.82, 2.24) is 4.98 Å². The molecule has 2 heterocycles. The Morgan fingerprint density at radius 1 is 1.53 bits per heavy atom. The van der Waals surface area contributed by atoms with Gasteiger partial charge in [-0.3, -0.25) is 4.79 Å². The normalized spacial score (nSPS) is 10.2. The van der Waals surface area contributed by atoms with Crippen molar-refractivity contribution in [2.45, 2.75) is 9.92 Å². The minimum absolute atomic E-state index is 0.740. The second kappa shape index (κ2) is 4.92. The first-order valence-corrected chi connectivity index (χ1v) is 6.60. The van der Waals surface area contributed by atoms with E-state index in [1.807, 2.05) is 23.6 Å². The summed E-state index contributed by atoms with van der Waals surface area (Å²) in [5, 5.41) is 2.86. The standard InChI is InChI=1S/C10H6BrNOS2/c11-9-2-1-3-12-10(9)15-8-4-7(5-13)14-6-8/h1-6H. The first kappa shape index (κ1) is 10.9. The molecule has 0 aliphatic heterocycles. The summed E-state index contributed by atoms with van der Waals surface area (Å²) < 4.78 is 0.967. The van der Waals surface area contributed by atoms with Gasteiger partial charge in [0.05, 0.1) is 9.35 Å². The van der Waals surface area contributed by atoms with Crippen molar-refractivity contribution >= 4 is 45.3 Å². The molecular formula is C10H6BrNOS2. The molecule has 2 nitrogen and oxygen atoms in total. The minimum Gasteiger partial charge on any atom is -0.297 e. The smallest absolute Gasteiger partial charge is 0.160 e. The van der Waals surface area contributed by atoms with Crippen molar-refractivity contribution < 1.29 is 4.79 Å². The zero-order chi connectivity index (χ0) is 10.7. The lowest BCUT2D eigenvalue weighted by Crippen LogP contribution is -1.79. The number of hydrogen-bond acceptors (Lipinski definition) is 4. The maximum atomic E-state index is 10.5. The largest absolute Gasteiger partial charge is 0.297 e. The molecule has 0 N–H and O–H groups in total. The van der Waals surface area contributed by atoms with Crippen LogP contribution in [0, 0.1) is 0 Å². The molecular weight excluding hydrogens is 294 g/mol. The lowest BCUT2D eigenvalue weighted by Gasteiger charge is -1.99. The third-order valence-corrected chi connectivity index (χ3v) is 4.55. The molecule has 5 heteroatoms. The summed E-state index contributed by atoms with van der Waals surface area (Å²) in [5.41, 5.74) is 0. The summed E-state index contributed by atoms with van der Waals surface area (Å²) in [5.74, 6) is 0. The Morgan fingerprint density at radius 2 is 2.40 bits per heavy atom. The predicted molar refractivity (Wildman–Crippen MR) is 65.8 cm³/mol. The molecule has 0 bridgehead atoms. The Bertz CT molecular complexity index is 484. The summed E-state index contributed by atoms with van der Waals surface area (Å²) in [4.78, 5) is 16.5.